The zero-order valence-electron chi connectivity index (χ0n) is 11.4. The molecule has 0 aliphatic carbocycles. The highest BCUT2D eigenvalue weighted by Crippen LogP contribution is 2.31. The Morgan fingerprint density at radius 2 is 1.33 bits per heavy atom. The van der Waals surface area contributed by atoms with Crippen LogP contribution in [0.3, 0.4) is 0 Å². The van der Waals surface area contributed by atoms with E-state index >= 15 is 0 Å². The zero-order chi connectivity index (χ0) is 13.0. The van der Waals surface area contributed by atoms with Crippen LogP contribution in [0.4, 0.5) is 0 Å². The lowest BCUT2D eigenvalue weighted by molar-refractivity contribution is 1.63. The van der Waals surface area contributed by atoms with E-state index in [4.69, 9.17) is 0 Å². The fourth-order valence-corrected chi connectivity index (χ4v) is 6.28. The molecular formula is C17H20Si. The molecule has 0 aromatic heterocycles. The van der Waals surface area contributed by atoms with Crippen LogP contribution >= 0.6 is 0 Å². The molecule has 1 heteroatoms. The number of allylic oxidation sites excluding steroid dienone is 8. The largest absolute Gasteiger partial charge is 0.145 e. The summed E-state index contributed by atoms with van der Waals surface area (Å²) in [6.45, 7) is 6.62. The summed E-state index contributed by atoms with van der Waals surface area (Å²) < 4.78 is 0. The first-order valence-electron chi connectivity index (χ1n) is 6.47. The molecule has 1 aliphatic heterocycles. The molecule has 1 aliphatic rings. The molecule has 0 fully saturated rings. The highest BCUT2D eigenvalue weighted by atomic mass is 28.3. The fraction of sp³-hybridized carbons (Fsp3) is 0.176. The molecule has 0 amide bonds. The van der Waals surface area contributed by atoms with Gasteiger partial charge in [-0.1, -0.05) is 73.3 Å². The number of rotatable bonds is 3. The smallest absolute Gasteiger partial charge is 0.0877 e. The van der Waals surface area contributed by atoms with Gasteiger partial charge in [0.25, 0.3) is 0 Å². The summed E-state index contributed by atoms with van der Waals surface area (Å²) >= 11 is 0. The van der Waals surface area contributed by atoms with Crippen molar-refractivity contribution in [3.05, 3.63) is 77.2 Å². The van der Waals surface area contributed by atoms with E-state index in [-0.39, 0.29) is 0 Å². The van der Waals surface area contributed by atoms with Crippen LogP contribution < -0.4 is 5.19 Å². The van der Waals surface area contributed by atoms with Gasteiger partial charge in [-0.2, -0.15) is 0 Å². The standard InChI is InChI=1S/C17H20Si/c1-4-9-15-13-14-16(10-5-2)18(15,3)17-11-7-6-8-12-17/h4-14H,1-3H3. The van der Waals surface area contributed by atoms with Crippen LogP contribution in [0, 0.1) is 0 Å². The van der Waals surface area contributed by atoms with Gasteiger partial charge in [0.15, 0.2) is 0 Å². The minimum atomic E-state index is -1.71. The topological polar surface area (TPSA) is 0 Å². The van der Waals surface area contributed by atoms with Gasteiger partial charge < -0.3 is 0 Å². The van der Waals surface area contributed by atoms with Crippen molar-refractivity contribution >= 4 is 13.3 Å². The van der Waals surface area contributed by atoms with Gasteiger partial charge in [-0.25, -0.2) is 0 Å². The predicted octanol–water partition coefficient (Wildman–Crippen LogP) is 4.07. The zero-order valence-corrected chi connectivity index (χ0v) is 12.4. The molecule has 92 valence electrons. The average Bonchev–Trinajstić information content (AvgIpc) is 2.71. The highest BCUT2D eigenvalue weighted by Gasteiger charge is 2.37. The van der Waals surface area contributed by atoms with Gasteiger partial charge in [-0.3, -0.25) is 0 Å². The monoisotopic (exact) mass is 252 g/mol. The lowest BCUT2D eigenvalue weighted by atomic mass is 10.4. The van der Waals surface area contributed by atoms with Crippen molar-refractivity contribution in [2.75, 3.05) is 0 Å². The summed E-state index contributed by atoms with van der Waals surface area (Å²) in [6.07, 6.45) is 13.4. The number of hydrogen-bond acceptors (Lipinski definition) is 0. The molecule has 1 aromatic rings. The van der Waals surface area contributed by atoms with Gasteiger partial charge in [0.05, 0.1) is 0 Å². The lowest BCUT2D eigenvalue weighted by Crippen LogP contribution is -2.46. The Kier molecular flexibility index (Phi) is 3.83. The molecule has 0 radical (unpaired) electrons. The molecular weight excluding hydrogens is 232 g/mol. The molecule has 0 saturated carbocycles. The minimum Gasteiger partial charge on any atom is -0.0877 e. The van der Waals surface area contributed by atoms with Crippen molar-refractivity contribution in [2.45, 2.75) is 20.4 Å². The molecule has 0 spiro atoms. The second-order valence-corrected chi connectivity index (χ2v) is 8.72. The van der Waals surface area contributed by atoms with E-state index in [1.807, 2.05) is 0 Å². The van der Waals surface area contributed by atoms with Gasteiger partial charge in [-0.05, 0) is 29.4 Å². The average molecular weight is 252 g/mol. The molecule has 0 saturated heterocycles. The Hall–Kier alpha value is -1.60. The van der Waals surface area contributed by atoms with Crippen LogP contribution in [-0.2, 0) is 0 Å². The molecule has 1 aromatic carbocycles. The maximum atomic E-state index is 2.44. The Morgan fingerprint density at radius 1 is 0.833 bits per heavy atom. The normalized spacial score (nSPS) is 23.7. The van der Waals surface area contributed by atoms with E-state index in [1.165, 1.54) is 15.6 Å². The number of benzene rings is 1. The molecule has 0 N–H and O–H groups in total. The lowest BCUT2D eigenvalue weighted by Gasteiger charge is -2.27. The van der Waals surface area contributed by atoms with Crippen molar-refractivity contribution in [3.63, 3.8) is 0 Å². The van der Waals surface area contributed by atoms with Gasteiger partial charge in [0, 0.05) is 0 Å². The summed E-state index contributed by atoms with van der Waals surface area (Å²) in [5.41, 5.74) is 0. The molecule has 0 unspecified atom stereocenters. The summed E-state index contributed by atoms with van der Waals surface area (Å²) in [4.78, 5) is 0. The molecule has 2 rings (SSSR count). The summed E-state index contributed by atoms with van der Waals surface area (Å²) in [7, 11) is -1.71. The summed E-state index contributed by atoms with van der Waals surface area (Å²) in [5, 5.41) is 4.46. The second-order valence-electron chi connectivity index (χ2n) is 4.74. The Balaban J connectivity index is 2.54. The molecule has 0 nitrogen and oxygen atoms in total. The SMILES string of the molecule is CC=CC1=CC=C(C=CC)[Si]1(C)c1ccccc1. The van der Waals surface area contributed by atoms with Crippen molar-refractivity contribution in [1.82, 2.24) is 0 Å². The van der Waals surface area contributed by atoms with E-state index in [2.05, 4.69) is 87.2 Å². The van der Waals surface area contributed by atoms with Crippen molar-refractivity contribution in [3.8, 4) is 0 Å². The van der Waals surface area contributed by atoms with E-state index in [1.54, 1.807) is 0 Å². The Bertz CT molecular complexity index is 502. The van der Waals surface area contributed by atoms with Crippen molar-refractivity contribution in [1.29, 1.82) is 0 Å². The van der Waals surface area contributed by atoms with Gasteiger partial charge >= 0.3 is 0 Å². The summed E-state index contributed by atoms with van der Waals surface area (Å²) in [5.74, 6) is 0. The third kappa shape index (κ3) is 2.06. The maximum absolute atomic E-state index is 2.44. The van der Waals surface area contributed by atoms with Gasteiger partial charge in [-0.15, -0.1) is 0 Å². The van der Waals surface area contributed by atoms with Crippen LogP contribution in [-0.4, -0.2) is 8.07 Å². The first-order valence-corrected chi connectivity index (χ1v) is 8.97. The van der Waals surface area contributed by atoms with Crippen LogP contribution in [0.5, 0.6) is 0 Å². The Morgan fingerprint density at radius 3 is 1.78 bits per heavy atom. The third-order valence-electron chi connectivity index (χ3n) is 3.64. The molecule has 0 atom stereocenters. The molecule has 0 bridgehead atoms. The van der Waals surface area contributed by atoms with Gasteiger partial charge in [0.2, 0.25) is 0 Å². The first-order chi connectivity index (χ1) is 8.73. The summed E-state index contributed by atoms with van der Waals surface area (Å²) in [6, 6.07) is 10.9. The van der Waals surface area contributed by atoms with E-state index in [0.29, 0.717) is 0 Å². The fourth-order valence-electron chi connectivity index (χ4n) is 2.59. The predicted molar refractivity (Wildman–Crippen MR) is 83.5 cm³/mol. The third-order valence-corrected chi connectivity index (χ3v) is 8.10. The quantitative estimate of drug-likeness (QED) is 0.711. The second kappa shape index (κ2) is 5.36. The van der Waals surface area contributed by atoms with Crippen LogP contribution in [0.15, 0.2) is 77.2 Å². The molecule has 18 heavy (non-hydrogen) atoms. The van der Waals surface area contributed by atoms with E-state index < -0.39 is 8.07 Å². The highest BCUT2D eigenvalue weighted by molar-refractivity contribution is 7.03. The van der Waals surface area contributed by atoms with Crippen LogP contribution in [0.1, 0.15) is 13.8 Å². The van der Waals surface area contributed by atoms with Crippen molar-refractivity contribution in [2.24, 2.45) is 0 Å². The molecule has 1 heterocycles. The Labute approximate surface area is 111 Å². The van der Waals surface area contributed by atoms with E-state index in [9.17, 15) is 0 Å². The van der Waals surface area contributed by atoms with E-state index in [0.717, 1.165) is 0 Å². The van der Waals surface area contributed by atoms with Crippen molar-refractivity contribution < 1.29 is 0 Å². The number of hydrogen-bond donors (Lipinski definition) is 0. The van der Waals surface area contributed by atoms with Gasteiger partial charge in [0.1, 0.15) is 8.07 Å². The maximum Gasteiger partial charge on any atom is 0.145 e. The van der Waals surface area contributed by atoms with Crippen LogP contribution in [0.25, 0.3) is 0 Å². The minimum absolute atomic E-state index is 1.48. The first kappa shape index (κ1) is 12.8. The van der Waals surface area contributed by atoms with Crippen LogP contribution in [0.2, 0.25) is 6.55 Å².